The molecule has 0 aromatic carbocycles. The molecule has 0 saturated carbocycles. The number of carboxylic acids is 1. The number of carbonyl (C=O) groups is 1. The van der Waals surface area contributed by atoms with Crippen LogP contribution in [0.4, 0.5) is 0 Å². The smallest absolute Gasteiger partial charge is 0.307 e. The Morgan fingerprint density at radius 1 is 1.77 bits per heavy atom. The van der Waals surface area contributed by atoms with Crippen molar-refractivity contribution < 1.29 is 9.90 Å². The molecule has 1 rings (SSSR count). The first kappa shape index (κ1) is 10.5. The maximum absolute atomic E-state index is 10.6. The molecule has 13 heavy (non-hydrogen) atoms. The number of rotatable bonds is 3. The molecule has 1 aliphatic heterocycles. The Morgan fingerprint density at radius 3 is 3.00 bits per heavy atom. The van der Waals surface area contributed by atoms with Gasteiger partial charge in [-0.2, -0.15) is 0 Å². The Hall–Kier alpha value is -0.610. The topological polar surface area (TPSA) is 52.6 Å². The molecule has 4 nitrogen and oxygen atoms in total. The standard InChI is InChI=1S/C9H18N2O2/c1-7(9(12)13)6-11-4-3-10-5-8(11)2/h7-8,10H,3-6H2,1-2H3,(H,12,13)/t7?,8-/m1/s1. The molecule has 1 saturated heterocycles. The first-order chi connectivity index (χ1) is 6.11. The van der Waals surface area contributed by atoms with Crippen LogP contribution in [-0.4, -0.2) is 48.2 Å². The molecule has 2 N–H and O–H groups in total. The number of carboxylic acid groups (broad SMARTS) is 1. The molecule has 0 aliphatic carbocycles. The highest BCUT2D eigenvalue weighted by atomic mass is 16.4. The number of aliphatic carboxylic acids is 1. The van der Waals surface area contributed by atoms with Crippen molar-refractivity contribution >= 4 is 5.97 Å². The van der Waals surface area contributed by atoms with Gasteiger partial charge in [-0.15, -0.1) is 0 Å². The predicted molar refractivity (Wildman–Crippen MR) is 50.7 cm³/mol. The third kappa shape index (κ3) is 2.97. The Balaban J connectivity index is 2.37. The summed E-state index contributed by atoms with van der Waals surface area (Å²) in [5.74, 6) is -0.966. The average Bonchev–Trinajstić information content (AvgIpc) is 2.08. The maximum Gasteiger partial charge on any atom is 0.307 e. The van der Waals surface area contributed by atoms with Gasteiger partial charge in [0.15, 0.2) is 0 Å². The van der Waals surface area contributed by atoms with Crippen molar-refractivity contribution in [2.75, 3.05) is 26.2 Å². The zero-order valence-electron chi connectivity index (χ0n) is 8.29. The van der Waals surface area contributed by atoms with Crippen molar-refractivity contribution in [1.82, 2.24) is 10.2 Å². The molecule has 1 aliphatic rings. The molecule has 0 aromatic rings. The highest BCUT2D eigenvalue weighted by molar-refractivity contribution is 5.69. The zero-order valence-corrected chi connectivity index (χ0v) is 8.29. The van der Waals surface area contributed by atoms with Crippen LogP contribution >= 0.6 is 0 Å². The zero-order chi connectivity index (χ0) is 9.84. The molecule has 0 spiro atoms. The molecule has 0 radical (unpaired) electrons. The van der Waals surface area contributed by atoms with E-state index in [1.54, 1.807) is 6.92 Å². The fraction of sp³-hybridized carbons (Fsp3) is 0.889. The summed E-state index contributed by atoms with van der Waals surface area (Å²) < 4.78 is 0. The molecule has 0 amide bonds. The van der Waals surface area contributed by atoms with Gasteiger partial charge in [-0.25, -0.2) is 0 Å². The second-order valence-corrected chi connectivity index (χ2v) is 3.79. The third-order valence-electron chi connectivity index (χ3n) is 2.57. The van der Waals surface area contributed by atoms with Crippen molar-refractivity contribution in [1.29, 1.82) is 0 Å². The van der Waals surface area contributed by atoms with Crippen molar-refractivity contribution in [3.05, 3.63) is 0 Å². The van der Waals surface area contributed by atoms with Gasteiger partial charge in [0.05, 0.1) is 5.92 Å². The monoisotopic (exact) mass is 186 g/mol. The van der Waals surface area contributed by atoms with E-state index < -0.39 is 5.97 Å². The van der Waals surface area contributed by atoms with E-state index in [-0.39, 0.29) is 5.92 Å². The summed E-state index contributed by atoms with van der Waals surface area (Å²) in [5, 5.41) is 12.0. The summed E-state index contributed by atoms with van der Waals surface area (Å²) in [6.07, 6.45) is 0. The lowest BCUT2D eigenvalue weighted by molar-refractivity contribution is -0.142. The van der Waals surface area contributed by atoms with Gasteiger partial charge < -0.3 is 10.4 Å². The van der Waals surface area contributed by atoms with E-state index in [0.29, 0.717) is 12.6 Å². The van der Waals surface area contributed by atoms with Gasteiger partial charge in [-0.05, 0) is 6.92 Å². The Labute approximate surface area is 78.9 Å². The van der Waals surface area contributed by atoms with Crippen LogP contribution in [0.5, 0.6) is 0 Å². The van der Waals surface area contributed by atoms with Crippen LogP contribution in [0, 0.1) is 5.92 Å². The summed E-state index contributed by atoms with van der Waals surface area (Å²) >= 11 is 0. The van der Waals surface area contributed by atoms with Gasteiger partial charge in [0.25, 0.3) is 0 Å². The number of piperazine rings is 1. The first-order valence-electron chi connectivity index (χ1n) is 4.79. The molecule has 4 heteroatoms. The van der Waals surface area contributed by atoms with Gasteiger partial charge in [0.2, 0.25) is 0 Å². The first-order valence-corrected chi connectivity index (χ1v) is 4.79. The second kappa shape index (κ2) is 4.58. The van der Waals surface area contributed by atoms with Crippen LogP contribution < -0.4 is 5.32 Å². The van der Waals surface area contributed by atoms with Crippen molar-refractivity contribution in [3.8, 4) is 0 Å². The maximum atomic E-state index is 10.6. The minimum absolute atomic E-state index is 0.263. The molecule has 1 heterocycles. The fourth-order valence-electron chi connectivity index (χ4n) is 1.58. The highest BCUT2D eigenvalue weighted by Gasteiger charge is 2.22. The van der Waals surface area contributed by atoms with Crippen LogP contribution in [0.25, 0.3) is 0 Å². The van der Waals surface area contributed by atoms with Crippen molar-refractivity contribution in [2.45, 2.75) is 19.9 Å². The van der Waals surface area contributed by atoms with Crippen LogP contribution in [0.3, 0.4) is 0 Å². The molecule has 0 aromatic heterocycles. The minimum Gasteiger partial charge on any atom is -0.481 e. The third-order valence-corrected chi connectivity index (χ3v) is 2.57. The van der Waals surface area contributed by atoms with Gasteiger partial charge >= 0.3 is 5.97 Å². The highest BCUT2D eigenvalue weighted by Crippen LogP contribution is 2.06. The minimum atomic E-state index is -0.703. The fourth-order valence-corrected chi connectivity index (χ4v) is 1.58. The van der Waals surface area contributed by atoms with Crippen LogP contribution in [-0.2, 0) is 4.79 Å². The van der Waals surface area contributed by atoms with E-state index in [9.17, 15) is 4.79 Å². The van der Waals surface area contributed by atoms with Gasteiger partial charge in [0.1, 0.15) is 0 Å². The summed E-state index contributed by atoms with van der Waals surface area (Å²) in [4.78, 5) is 12.9. The summed E-state index contributed by atoms with van der Waals surface area (Å²) in [5.41, 5.74) is 0. The molecular weight excluding hydrogens is 168 g/mol. The van der Waals surface area contributed by atoms with E-state index in [1.807, 2.05) is 0 Å². The van der Waals surface area contributed by atoms with E-state index >= 15 is 0 Å². The Kier molecular flexibility index (Phi) is 3.69. The lowest BCUT2D eigenvalue weighted by atomic mass is 10.1. The number of hydrogen-bond donors (Lipinski definition) is 2. The van der Waals surface area contributed by atoms with E-state index in [1.165, 1.54) is 0 Å². The van der Waals surface area contributed by atoms with Crippen molar-refractivity contribution in [2.24, 2.45) is 5.92 Å². The number of hydrogen-bond acceptors (Lipinski definition) is 3. The van der Waals surface area contributed by atoms with E-state index in [4.69, 9.17) is 5.11 Å². The van der Waals surface area contributed by atoms with Crippen molar-refractivity contribution in [3.63, 3.8) is 0 Å². The van der Waals surface area contributed by atoms with Crippen LogP contribution in [0.2, 0.25) is 0 Å². The van der Waals surface area contributed by atoms with Crippen LogP contribution in [0.15, 0.2) is 0 Å². The molecule has 1 fully saturated rings. The summed E-state index contributed by atoms with van der Waals surface area (Å²) in [6.45, 7) is 7.44. The number of nitrogens with one attached hydrogen (secondary N) is 1. The predicted octanol–water partition coefficient (Wildman–Crippen LogP) is 0.000800. The lowest BCUT2D eigenvalue weighted by Gasteiger charge is -2.34. The SMILES string of the molecule is CC(CN1CCNC[C@H]1C)C(=O)O. The van der Waals surface area contributed by atoms with Gasteiger partial charge in [-0.1, -0.05) is 6.92 Å². The summed E-state index contributed by atoms with van der Waals surface area (Å²) in [6, 6.07) is 0.454. The van der Waals surface area contributed by atoms with Gasteiger partial charge in [0, 0.05) is 32.2 Å². The Bertz CT molecular complexity index is 184. The van der Waals surface area contributed by atoms with Gasteiger partial charge in [-0.3, -0.25) is 9.69 Å². The number of nitrogens with zero attached hydrogens (tertiary/aromatic N) is 1. The lowest BCUT2D eigenvalue weighted by Crippen LogP contribution is -2.51. The second-order valence-electron chi connectivity index (χ2n) is 3.79. The van der Waals surface area contributed by atoms with E-state index in [0.717, 1.165) is 19.6 Å². The summed E-state index contributed by atoms with van der Waals surface area (Å²) in [7, 11) is 0. The largest absolute Gasteiger partial charge is 0.481 e. The molecule has 1 unspecified atom stereocenters. The molecule has 76 valence electrons. The normalized spacial score (nSPS) is 27.1. The molecule has 2 atom stereocenters. The molecular formula is C9H18N2O2. The average molecular weight is 186 g/mol. The van der Waals surface area contributed by atoms with Crippen LogP contribution in [0.1, 0.15) is 13.8 Å². The quantitative estimate of drug-likeness (QED) is 0.651. The molecule has 0 bridgehead atoms. The van der Waals surface area contributed by atoms with E-state index in [2.05, 4.69) is 17.1 Å². The Morgan fingerprint density at radius 2 is 2.46 bits per heavy atom.